The van der Waals surface area contributed by atoms with E-state index in [1.807, 2.05) is 0 Å². The zero-order valence-electron chi connectivity index (χ0n) is 5.83. The maximum absolute atomic E-state index is 5.56. The fraction of sp³-hybridized carbons (Fsp3) is 0.400. The number of nitrogens with one attached hydrogen (secondary N) is 1. The number of nitrogens with two attached hydrogens (primary N) is 2. The average Bonchev–Trinajstić information content (AvgIpc) is 1.88. The van der Waals surface area contributed by atoms with Crippen LogP contribution in [-0.4, -0.2) is 24.9 Å². The molecule has 1 rings (SSSR count). The molecule has 0 bridgehead atoms. The van der Waals surface area contributed by atoms with E-state index in [0.29, 0.717) is 12.2 Å². The molecule has 56 valence electrons. The summed E-state index contributed by atoms with van der Waals surface area (Å²) in [6.07, 6.45) is 1.58. The maximum Gasteiger partial charge on any atom is 0.142 e. The standard InChI is InChI=1S/C5H11N5/c1-10(7)5-4(6)2-8-3-9-5/h3H,2,6-7H2,1H3,(H,8,9). The molecule has 0 fully saturated rings. The summed E-state index contributed by atoms with van der Waals surface area (Å²) in [6.45, 7) is 0.518. The van der Waals surface area contributed by atoms with Gasteiger partial charge < -0.3 is 11.1 Å². The van der Waals surface area contributed by atoms with Gasteiger partial charge in [0.2, 0.25) is 0 Å². The largest absolute Gasteiger partial charge is 0.398 e. The summed E-state index contributed by atoms with van der Waals surface area (Å²) in [5.74, 6) is 6.15. The van der Waals surface area contributed by atoms with Crippen LogP contribution in [-0.2, 0) is 0 Å². The highest BCUT2D eigenvalue weighted by Gasteiger charge is 2.06. The number of hydrogen-bond donors (Lipinski definition) is 3. The fourth-order valence-electron chi connectivity index (χ4n) is 0.747. The van der Waals surface area contributed by atoms with Crippen LogP contribution in [0.2, 0.25) is 0 Å². The van der Waals surface area contributed by atoms with Gasteiger partial charge in [-0.15, -0.1) is 0 Å². The normalized spacial score (nSPS) is 17.0. The fourth-order valence-corrected chi connectivity index (χ4v) is 0.747. The molecule has 5 nitrogen and oxygen atoms in total. The van der Waals surface area contributed by atoms with E-state index in [4.69, 9.17) is 11.6 Å². The Balaban J connectivity index is 2.72. The second-order valence-corrected chi connectivity index (χ2v) is 2.10. The number of hydrogen-bond acceptors (Lipinski definition) is 5. The zero-order chi connectivity index (χ0) is 7.56. The topological polar surface area (TPSA) is 79.7 Å². The van der Waals surface area contributed by atoms with E-state index in [0.717, 1.165) is 5.82 Å². The third kappa shape index (κ3) is 1.19. The van der Waals surface area contributed by atoms with Crippen LogP contribution in [0.25, 0.3) is 0 Å². The maximum atomic E-state index is 5.56. The lowest BCUT2D eigenvalue weighted by Crippen LogP contribution is -2.38. The van der Waals surface area contributed by atoms with Gasteiger partial charge in [-0.3, -0.25) is 10.0 Å². The van der Waals surface area contributed by atoms with Gasteiger partial charge in [0.1, 0.15) is 5.82 Å². The molecule has 0 saturated carbocycles. The van der Waals surface area contributed by atoms with Crippen LogP contribution in [0.15, 0.2) is 16.5 Å². The highest BCUT2D eigenvalue weighted by atomic mass is 15.4. The Kier molecular flexibility index (Phi) is 1.77. The summed E-state index contributed by atoms with van der Waals surface area (Å²) >= 11 is 0. The van der Waals surface area contributed by atoms with Crippen LogP contribution in [0, 0.1) is 0 Å². The van der Waals surface area contributed by atoms with Crippen LogP contribution >= 0.6 is 0 Å². The molecule has 1 aliphatic heterocycles. The minimum atomic E-state index is 0.518. The van der Waals surface area contributed by atoms with Crippen molar-refractivity contribution >= 4 is 6.34 Å². The minimum Gasteiger partial charge on any atom is -0.398 e. The van der Waals surface area contributed by atoms with Crippen molar-refractivity contribution < 1.29 is 0 Å². The molecule has 0 radical (unpaired) electrons. The van der Waals surface area contributed by atoms with Crippen LogP contribution in [0.5, 0.6) is 0 Å². The van der Waals surface area contributed by atoms with Crippen molar-refractivity contribution in [3.8, 4) is 0 Å². The van der Waals surface area contributed by atoms with E-state index >= 15 is 0 Å². The SMILES string of the molecule is CN(N)C1=C(N)CN=CN1. The van der Waals surface area contributed by atoms with Gasteiger partial charge in [-0.1, -0.05) is 0 Å². The smallest absolute Gasteiger partial charge is 0.142 e. The van der Waals surface area contributed by atoms with Crippen molar-refractivity contribution in [3.05, 3.63) is 11.5 Å². The van der Waals surface area contributed by atoms with Crippen LogP contribution in [0.4, 0.5) is 0 Å². The van der Waals surface area contributed by atoms with Crippen molar-refractivity contribution in [1.82, 2.24) is 10.3 Å². The molecule has 1 heterocycles. The molecule has 0 aromatic rings. The predicted molar refractivity (Wildman–Crippen MR) is 39.7 cm³/mol. The molecule has 5 heteroatoms. The molecule has 0 spiro atoms. The van der Waals surface area contributed by atoms with E-state index in [9.17, 15) is 0 Å². The number of nitrogens with zero attached hydrogens (tertiary/aromatic N) is 2. The Morgan fingerprint density at radius 3 is 2.90 bits per heavy atom. The molecule has 0 atom stereocenters. The highest BCUT2D eigenvalue weighted by Crippen LogP contribution is 1.99. The number of hydrazine groups is 1. The lowest BCUT2D eigenvalue weighted by molar-refractivity contribution is 0.413. The van der Waals surface area contributed by atoms with Gasteiger partial charge in [0, 0.05) is 7.05 Å². The van der Waals surface area contributed by atoms with Gasteiger partial charge in [-0.25, -0.2) is 5.84 Å². The molecule has 0 aliphatic carbocycles. The van der Waals surface area contributed by atoms with Crippen molar-refractivity contribution in [2.75, 3.05) is 13.6 Å². The minimum absolute atomic E-state index is 0.518. The monoisotopic (exact) mass is 141 g/mol. The van der Waals surface area contributed by atoms with E-state index in [-0.39, 0.29) is 0 Å². The molecule has 0 amide bonds. The molecule has 0 saturated heterocycles. The molecule has 5 N–H and O–H groups in total. The molecule has 0 aromatic carbocycles. The number of aliphatic imine (C=N–C) groups is 1. The van der Waals surface area contributed by atoms with Gasteiger partial charge >= 0.3 is 0 Å². The first-order valence-electron chi connectivity index (χ1n) is 2.93. The first-order chi connectivity index (χ1) is 4.72. The number of rotatable bonds is 1. The summed E-state index contributed by atoms with van der Waals surface area (Å²) in [6, 6.07) is 0. The van der Waals surface area contributed by atoms with Crippen LogP contribution < -0.4 is 16.9 Å². The lowest BCUT2D eigenvalue weighted by Gasteiger charge is -2.20. The van der Waals surface area contributed by atoms with Crippen molar-refractivity contribution in [2.45, 2.75) is 0 Å². The summed E-state index contributed by atoms with van der Waals surface area (Å²) in [4.78, 5) is 3.89. The first-order valence-corrected chi connectivity index (χ1v) is 2.93. The Morgan fingerprint density at radius 2 is 2.50 bits per heavy atom. The Bertz CT molecular complexity index is 180. The second kappa shape index (κ2) is 2.57. The van der Waals surface area contributed by atoms with Crippen molar-refractivity contribution in [1.29, 1.82) is 0 Å². The Morgan fingerprint density at radius 1 is 1.80 bits per heavy atom. The third-order valence-corrected chi connectivity index (χ3v) is 1.21. The van der Waals surface area contributed by atoms with Gasteiger partial charge in [0.15, 0.2) is 0 Å². The molecule has 10 heavy (non-hydrogen) atoms. The molecule has 0 unspecified atom stereocenters. The molecular weight excluding hydrogens is 130 g/mol. The third-order valence-electron chi connectivity index (χ3n) is 1.21. The van der Waals surface area contributed by atoms with E-state index in [1.54, 1.807) is 13.4 Å². The summed E-state index contributed by atoms with van der Waals surface area (Å²) in [5.41, 5.74) is 6.22. The van der Waals surface area contributed by atoms with Gasteiger partial charge in [0.25, 0.3) is 0 Å². The quantitative estimate of drug-likeness (QED) is 0.308. The van der Waals surface area contributed by atoms with Crippen molar-refractivity contribution in [3.63, 3.8) is 0 Å². The highest BCUT2D eigenvalue weighted by molar-refractivity contribution is 5.59. The van der Waals surface area contributed by atoms with E-state index in [2.05, 4.69) is 10.3 Å². The van der Waals surface area contributed by atoms with Crippen molar-refractivity contribution in [2.24, 2.45) is 16.6 Å². The van der Waals surface area contributed by atoms with Crippen LogP contribution in [0.1, 0.15) is 0 Å². The predicted octanol–water partition coefficient (Wildman–Crippen LogP) is -1.45. The van der Waals surface area contributed by atoms with E-state index in [1.165, 1.54) is 5.01 Å². The van der Waals surface area contributed by atoms with Crippen LogP contribution in [0.3, 0.4) is 0 Å². The molecule has 0 aromatic heterocycles. The first kappa shape index (κ1) is 6.88. The Hall–Kier alpha value is -1.23. The average molecular weight is 141 g/mol. The van der Waals surface area contributed by atoms with Gasteiger partial charge in [-0.05, 0) is 0 Å². The second-order valence-electron chi connectivity index (χ2n) is 2.10. The molecule has 1 aliphatic rings. The molecular formula is C5H11N5. The van der Waals surface area contributed by atoms with Gasteiger partial charge in [0.05, 0.1) is 18.6 Å². The summed E-state index contributed by atoms with van der Waals surface area (Å²) in [5, 5.41) is 4.26. The summed E-state index contributed by atoms with van der Waals surface area (Å²) < 4.78 is 0. The summed E-state index contributed by atoms with van der Waals surface area (Å²) in [7, 11) is 1.72. The zero-order valence-corrected chi connectivity index (χ0v) is 5.83. The van der Waals surface area contributed by atoms with Gasteiger partial charge in [-0.2, -0.15) is 0 Å². The Labute approximate surface area is 59.4 Å². The van der Waals surface area contributed by atoms with E-state index < -0.39 is 0 Å². The lowest BCUT2D eigenvalue weighted by atomic mass is 10.4.